The summed E-state index contributed by atoms with van der Waals surface area (Å²) in [6.45, 7) is 0.376. The first-order valence-corrected chi connectivity index (χ1v) is 13.0. The number of hydrogen-bond acceptors (Lipinski definition) is 9. The Morgan fingerprint density at radius 2 is 2.00 bits per heavy atom. The van der Waals surface area contributed by atoms with Crippen molar-refractivity contribution in [2.45, 2.75) is 55.6 Å². The molecule has 2 unspecified atom stereocenters. The molecule has 4 heterocycles. The third-order valence-corrected chi connectivity index (χ3v) is 8.06. The van der Waals surface area contributed by atoms with Crippen LogP contribution in [0, 0.1) is 0 Å². The molecule has 3 aliphatic heterocycles. The van der Waals surface area contributed by atoms with Crippen LogP contribution in [0.15, 0.2) is 47.6 Å². The van der Waals surface area contributed by atoms with Gasteiger partial charge in [0.15, 0.2) is 12.0 Å². The number of rotatable bonds is 5. The average Bonchev–Trinajstić information content (AvgIpc) is 3.43. The summed E-state index contributed by atoms with van der Waals surface area (Å²) in [7, 11) is 0. The molecule has 6 rings (SSSR count). The van der Waals surface area contributed by atoms with Gasteiger partial charge in [0, 0.05) is 24.8 Å². The van der Waals surface area contributed by atoms with E-state index in [4.69, 9.17) is 11.5 Å². The molecule has 1 spiro atoms. The predicted octanol–water partition coefficient (Wildman–Crippen LogP) is -3.07. The van der Waals surface area contributed by atoms with Gasteiger partial charge in [0.2, 0.25) is 5.66 Å². The molecule has 1 saturated heterocycles. The van der Waals surface area contributed by atoms with Crippen LogP contribution >= 0.6 is 0 Å². The highest BCUT2D eigenvalue weighted by molar-refractivity contribution is 5.96. The van der Waals surface area contributed by atoms with Crippen molar-refractivity contribution in [3.63, 3.8) is 0 Å². The zero-order valence-electron chi connectivity index (χ0n) is 20.9. The fourth-order valence-electron chi connectivity index (χ4n) is 6.31. The molecule has 1 fully saturated rings. The van der Waals surface area contributed by atoms with E-state index in [1.54, 1.807) is 29.3 Å². The van der Waals surface area contributed by atoms with E-state index in [9.17, 15) is 14.7 Å². The number of carbonyl (C=O) groups excluding carboxylic acids is 2. The zero-order valence-corrected chi connectivity index (χ0v) is 20.9. The van der Waals surface area contributed by atoms with E-state index >= 15 is 0 Å². The Morgan fingerprint density at radius 1 is 1.16 bits per heavy atom. The van der Waals surface area contributed by atoms with Gasteiger partial charge in [-0.15, -0.1) is 0 Å². The number of guanidine groups is 2. The third-order valence-electron chi connectivity index (χ3n) is 8.06. The second-order valence-corrected chi connectivity index (χ2v) is 10.3. The lowest BCUT2D eigenvalue weighted by Crippen LogP contribution is -2.88. The molecule has 0 radical (unpaired) electrons. The van der Waals surface area contributed by atoms with E-state index in [0.29, 0.717) is 5.56 Å². The van der Waals surface area contributed by atoms with Crippen LogP contribution in [-0.2, 0) is 12.8 Å². The number of amides is 2. The average molecular weight is 519 g/mol. The van der Waals surface area contributed by atoms with Gasteiger partial charge in [-0.25, -0.2) is 10.3 Å². The molecule has 1 aromatic carbocycles. The Bertz CT molecular complexity index is 1330. The van der Waals surface area contributed by atoms with Crippen LogP contribution in [0.5, 0.6) is 0 Å². The van der Waals surface area contributed by atoms with E-state index in [-0.39, 0.29) is 42.5 Å². The van der Waals surface area contributed by atoms with Crippen molar-refractivity contribution < 1.29 is 19.7 Å². The molecule has 38 heavy (non-hydrogen) atoms. The molecular weight excluding hydrogens is 486 g/mol. The SMILES string of the molecule is NC1=N[C@@H](CNC(=O)c2ccccn2)[C@@H]2[NH+]=C(N)NC23[C@H](O)C(NC(=O)c2cccc4c2CCCC4)CN13. The van der Waals surface area contributed by atoms with Crippen LogP contribution in [0.4, 0.5) is 0 Å². The number of aliphatic imine (C=N–C) groups is 1. The second-order valence-electron chi connectivity index (χ2n) is 10.3. The number of aliphatic hydroxyl groups excluding tert-OH is 1. The summed E-state index contributed by atoms with van der Waals surface area (Å²) in [4.78, 5) is 39.6. The molecule has 9 N–H and O–H groups in total. The van der Waals surface area contributed by atoms with Crippen LogP contribution < -0.4 is 32.4 Å². The van der Waals surface area contributed by atoms with Crippen molar-refractivity contribution in [2.24, 2.45) is 16.5 Å². The lowest BCUT2D eigenvalue weighted by molar-refractivity contribution is -0.513. The molecule has 5 atom stereocenters. The van der Waals surface area contributed by atoms with E-state index in [0.717, 1.165) is 31.2 Å². The third kappa shape index (κ3) is 3.83. The Labute approximate surface area is 219 Å². The molecule has 12 heteroatoms. The van der Waals surface area contributed by atoms with Gasteiger partial charge in [-0.3, -0.25) is 25.3 Å². The second kappa shape index (κ2) is 9.28. The zero-order chi connectivity index (χ0) is 26.4. The maximum atomic E-state index is 13.4. The van der Waals surface area contributed by atoms with E-state index in [1.807, 2.05) is 12.1 Å². The number of aliphatic hydroxyl groups is 1. The number of benzene rings is 1. The van der Waals surface area contributed by atoms with Gasteiger partial charge in [-0.05, 0) is 55.0 Å². The monoisotopic (exact) mass is 518 g/mol. The molecule has 2 amide bonds. The van der Waals surface area contributed by atoms with Crippen molar-refractivity contribution in [3.8, 4) is 0 Å². The van der Waals surface area contributed by atoms with Crippen molar-refractivity contribution in [2.75, 3.05) is 13.1 Å². The van der Waals surface area contributed by atoms with Crippen LogP contribution in [0.2, 0.25) is 0 Å². The standard InChI is InChI=1S/C26H31N9O3/c27-24-33-20-18(12-30-23(38)17-10-3-4-11-29-17)32-25(28)35-13-19(21(36)26(20,35)34-24)31-22(37)16-9-5-7-14-6-1-2-8-15(14)16/h3-5,7,9-11,18-21,36H,1-2,6,8,12-13H2,(H2,28,32)(H,30,38)(H,31,37)(H3,27,33,34)/p+1/t18-,19?,20-,21+,26?/m0/s1. The molecule has 0 saturated carbocycles. The number of nitrogens with one attached hydrogen (secondary N) is 4. The van der Waals surface area contributed by atoms with Gasteiger partial charge in [-0.1, -0.05) is 18.2 Å². The largest absolute Gasteiger partial charge is 0.385 e. The fourth-order valence-corrected chi connectivity index (χ4v) is 6.31. The maximum Gasteiger partial charge on any atom is 0.343 e. The van der Waals surface area contributed by atoms with Crippen molar-refractivity contribution in [3.05, 3.63) is 65.0 Å². The molecule has 2 aromatic rings. The summed E-state index contributed by atoms with van der Waals surface area (Å²) >= 11 is 0. The first-order chi connectivity index (χ1) is 18.4. The fraction of sp³-hybridized carbons (Fsp3) is 0.423. The smallest absolute Gasteiger partial charge is 0.343 e. The number of nitrogens with zero attached hydrogens (tertiary/aromatic N) is 3. The summed E-state index contributed by atoms with van der Waals surface area (Å²) in [5.74, 6) is -0.121. The highest BCUT2D eigenvalue weighted by Gasteiger charge is 2.68. The Balaban J connectivity index is 1.22. The minimum atomic E-state index is -1.15. The van der Waals surface area contributed by atoms with Crippen LogP contribution in [0.3, 0.4) is 0 Å². The van der Waals surface area contributed by atoms with Crippen LogP contribution in [0.25, 0.3) is 0 Å². The lowest BCUT2D eigenvalue weighted by atomic mass is 9.87. The lowest BCUT2D eigenvalue weighted by Gasteiger charge is -2.43. The number of aryl methyl sites for hydroxylation is 1. The molecule has 1 aliphatic carbocycles. The molecule has 198 valence electrons. The van der Waals surface area contributed by atoms with Gasteiger partial charge < -0.3 is 26.4 Å². The van der Waals surface area contributed by atoms with E-state index in [1.165, 1.54) is 5.56 Å². The number of hydrogen-bond donors (Lipinski definition) is 7. The number of pyridine rings is 1. The topological polar surface area (TPSA) is 185 Å². The minimum absolute atomic E-state index is 0.137. The first-order valence-electron chi connectivity index (χ1n) is 13.0. The van der Waals surface area contributed by atoms with Gasteiger partial charge in [0.05, 0.1) is 6.04 Å². The molecule has 4 aliphatic rings. The normalized spacial score (nSPS) is 29.2. The molecule has 12 nitrogen and oxygen atoms in total. The van der Waals surface area contributed by atoms with Gasteiger partial charge >= 0.3 is 5.96 Å². The summed E-state index contributed by atoms with van der Waals surface area (Å²) in [5, 5.41) is 20.7. The quantitative estimate of drug-likeness (QED) is 0.217. The Hall–Kier alpha value is -4.19. The molecule has 0 bridgehead atoms. The molecular formula is C26H32N9O3+. The van der Waals surface area contributed by atoms with Crippen LogP contribution in [0.1, 0.15) is 44.8 Å². The predicted molar refractivity (Wildman–Crippen MR) is 139 cm³/mol. The van der Waals surface area contributed by atoms with E-state index < -0.39 is 29.9 Å². The minimum Gasteiger partial charge on any atom is -0.385 e. The summed E-state index contributed by atoms with van der Waals surface area (Å²) in [6, 6.07) is 9.21. The van der Waals surface area contributed by atoms with Crippen LogP contribution in [-0.4, -0.2) is 81.7 Å². The highest BCUT2D eigenvalue weighted by Crippen LogP contribution is 2.35. The summed E-state index contributed by atoms with van der Waals surface area (Å²) < 4.78 is 0. The molecule has 1 aromatic heterocycles. The van der Waals surface area contributed by atoms with Crippen molar-refractivity contribution in [1.29, 1.82) is 0 Å². The van der Waals surface area contributed by atoms with Gasteiger partial charge in [0.1, 0.15) is 17.8 Å². The maximum absolute atomic E-state index is 13.4. The van der Waals surface area contributed by atoms with Gasteiger partial charge in [-0.2, -0.15) is 0 Å². The van der Waals surface area contributed by atoms with Gasteiger partial charge in [0.25, 0.3) is 11.8 Å². The first kappa shape index (κ1) is 24.2. The number of fused-ring (bicyclic) bond motifs is 1. The Morgan fingerprint density at radius 3 is 2.82 bits per heavy atom. The number of aromatic nitrogens is 1. The Kier molecular flexibility index (Phi) is 5.90. The summed E-state index contributed by atoms with van der Waals surface area (Å²) in [5.41, 5.74) is 14.6. The van der Waals surface area contributed by atoms with Crippen molar-refractivity contribution >= 4 is 23.7 Å². The highest BCUT2D eigenvalue weighted by atomic mass is 16.3. The number of nitrogens with two attached hydrogens (primary N) is 2. The number of carbonyl (C=O) groups is 2. The summed E-state index contributed by atoms with van der Waals surface area (Å²) in [6.07, 6.45) is 4.48. The van der Waals surface area contributed by atoms with E-state index in [2.05, 4.69) is 37.0 Å². The van der Waals surface area contributed by atoms with Crippen molar-refractivity contribution in [1.82, 2.24) is 25.8 Å².